The van der Waals surface area contributed by atoms with Gasteiger partial charge < -0.3 is 5.32 Å². The number of carbonyl (C=O) groups excluding carboxylic acids is 2. The van der Waals surface area contributed by atoms with Crippen LogP contribution in [0.5, 0.6) is 0 Å². The van der Waals surface area contributed by atoms with E-state index in [1.165, 1.54) is 16.2 Å². The number of carbonyl (C=O) groups is 2. The second-order valence-electron chi connectivity index (χ2n) is 5.91. The Bertz CT molecular complexity index is 523. The Morgan fingerprint density at radius 3 is 2.65 bits per heavy atom. The SMILES string of the molecule is CC1CC(=O)N(CCC2CNc3ccccc32)C(=O)C1. The van der Waals surface area contributed by atoms with Crippen molar-refractivity contribution in [3.63, 3.8) is 0 Å². The van der Waals surface area contributed by atoms with Crippen molar-refractivity contribution in [3.8, 4) is 0 Å². The molecule has 0 aromatic heterocycles. The van der Waals surface area contributed by atoms with Crippen LogP contribution in [0.4, 0.5) is 5.69 Å². The highest BCUT2D eigenvalue weighted by molar-refractivity contribution is 5.97. The summed E-state index contributed by atoms with van der Waals surface area (Å²) in [5.41, 5.74) is 2.49. The Morgan fingerprint density at radius 1 is 1.20 bits per heavy atom. The molecule has 4 heteroatoms. The molecule has 1 aromatic rings. The molecule has 1 unspecified atom stereocenters. The molecule has 0 spiro atoms. The van der Waals surface area contributed by atoms with Crippen molar-refractivity contribution in [2.75, 3.05) is 18.4 Å². The molecule has 2 heterocycles. The van der Waals surface area contributed by atoms with Crippen LogP contribution in [-0.2, 0) is 9.59 Å². The van der Waals surface area contributed by atoms with Gasteiger partial charge in [0.1, 0.15) is 0 Å². The summed E-state index contributed by atoms with van der Waals surface area (Å²) in [5.74, 6) is 0.576. The van der Waals surface area contributed by atoms with Crippen molar-refractivity contribution in [2.45, 2.75) is 32.1 Å². The van der Waals surface area contributed by atoms with Crippen LogP contribution in [0, 0.1) is 5.92 Å². The number of rotatable bonds is 3. The van der Waals surface area contributed by atoms with E-state index >= 15 is 0 Å². The number of fused-ring (bicyclic) bond motifs is 1. The lowest BCUT2D eigenvalue weighted by atomic mass is 9.95. The number of piperidine rings is 1. The molecule has 4 nitrogen and oxygen atoms in total. The van der Waals surface area contributed by atoms with E-state index in [2.05, 4.69) is 17.4 Å². The maximum absolute atomic E-state index is 12.0. The summed E-state index contributed by atoms with van der Waals surface area (Å²) in [6.45, 7) is 3.40. The predicted molar refractivity (Wildman–Crippen MR) is 77.4 cm³/mol. The van der Waals surface area contributed by atoms with Gasteiger partial charge in [0.05, 0.1) is 0 Å². The molecule has 0 saturated carbocycles. The highest BCUT2D eigenvalue weighted by atomic mass is 16.2. The summed E-state index contributed by atoms with van der Waals surface area (Å²) in [5, 5.41) is 3.38. The standard InChI is InChI=1S/C16H20N2O2/c1-11-8-15(19)18(16(20)9-11)7-6-12-10-17-14-5-3-2-4-13(12)14/h2-5,11-12,17H,6-10H2,1H3. The number of imide groups is 1. The van der Waals surface area contributed by atoms with Gasteiger partial charge in [-0.1, -0.05) is 25.1 Å². The lowest BCUT2D eigenvalue weighted by molar-refractivity contribution is -0.149. The van der Waals surface area contributed by atoms with Gasteiger partial charge in [-0.15, -0.1) is 0 Å². The largest absolute Gasteiger partial charge is 0.384 e. The van der Waals surface area contributed by atoms with Gasteiger partial charge in [0.25, 0.3) is 0 Å². The fourth-order valence-corrected chi connectivity index (χ4v) is 3.18. The monoisotopic (exact) mass is 272 g/mol. The minimum atomic E-state index is -0.00649. The fourth-order valence-electron chi connectivity index (χ4n) is 3.18. The van der Waals surface area contributed by atoms with Crippen molar-refractivity contribution in [1.29, 1.82) is 0 Å². The van der Waals surface area contributed by atoms with E-state index in [4.69, 9.17) is 0 Å². The smallest absolute Gasteiger partial charge is 0.229 e. The third-order valence-electron chi connectivity index (χ3n) is 4.29. The summed E-state index contributed by atoms with van der Waals surface area (Å²) in [6, 6.07) is 8.27. The second kappa shape index (κ2) is 5.27. The maximum Gasteiger partial charge on any atom is 0.229 e. The van der Waals surface area contributed by atoms with Crippen LogP contribution in [-0.4, -0.2) is 29.8 Å². The first-order valence-corrected chi connectivity index (χ1v) is 7.31. The minimum Gasteiger partial charge on any atom is -0.384 e. The molecule has 0 aliphatic carbocycles. The first kappa shape index (κ1) is 13.2. The first-order chi connectivity index (χ1) is 9.65. The van der Waals surface area contributed by atoms with Gasteiger partial charge in [-0.3, -0.25) is 14.5 Å². The number of likely N-dealkylation sites (tertiary alicyclic amines) is 1. The molecule has 1 atom stereocenters. The lowest BCUT2D eigenvalue weighted by Gasteiger charge is -2.29. The van der Waals surface area contributed by atoms with Crippen LogP contribution in [0.2, 0.25) is 0 Å². The molecule has 0 bridgehead atoms. The summed E-state index contributed by atoms with van der Waals surface area (Å²) in [4.78, 5) is 25.4. The zero-order valence-corrected chi connectivity index (χ0v) is 11.8. The Hall–Kier alpha value is -1.84. The molecular formula is C16H20N2O2. The first-order valence-electron chi connectivity index (χ1n) is 7.31. The van der Waals surface area contributed by atoms with E-state index in [1.54, 1.807) is 0 Å². The van der Waals surface area contributed by atoms with Crippen LogP contribution in [0.25, 0.3) is 0 Å². The van der Waals surface area contributed by atoms with E-state index in [1.807, 2.05) is 19.1 Å². The number of amides is 2. The summed E-state index contributed by atoms with van der Waals surface area (Å²) < 4.78 is 0. The fraction of sp³-hybridized carbons (Fsp3) is 0.500. The van der Waals surface area contributed by atoms with Gasteiger partial charge in [-0.05, 0) is 24.0 Å². The topological polar surface area (TPSA) is 49.4 Å². The quantitative estimate of drug-likeness (QED) is 0.859. The molecule has 1 N–H and O–H groups in total. The van der Waals surface area contributed by atoms with E-state index in [9.17, 15) is 9.59 Å². The van der Waals surface area contributed by atoms with E-state index < -0.39 is 0 Å². The average Bonchev–Trinajstić information content (AvgIpc) is 2.81. The molecular weight excluding hydrogens is 252 g/mol. The summed E-state index contributed by atoms with van der Waals surface area (Å²) in [6.07, 6.45) is 1.85. The molecule has 0 radical (unpaired) electrons. The molecule has 1 fully saturated rings. The number of para-hydroxylation sites is 1. The van der Waals surface area contributed by atoms with Gasteiger partial charge in [-0.25, -0.2) is 0 Å². The number of anilines is 1. The van der Waals surface area contributed by atoms with Crippen LogP contribution in [0.1, 0.15) is 37.7 Å². The third kappa shape index (κ3) is 2.42. The van der Waals surface area contributed by atoms with Gasteiger partial charge >= 0.3 is 0 Å². The van der Waals surface area contributed by atoms with Crippen molar-refractivity contribution >= 4 is 17.5 Å². The van der Waals surface area contributed by atoms with Crippen molar-refractivity contribution < 1.29 is 9.59 Å². The summed E-state index contributed by atoms with van der Waals surface area (Å²) in [7, 11) is 0. The number of benzene rings is 1. The lowest BCUT2D eigenvalue weighted by Crippen LogP contribution is -2.43. The Kier molecular flexibility index (Phi) is 3.47. The zero-order chi connectivity index (χ0) is 14.1. The van der Waals surface area contributed by atoms with Crippen molar-refractivity contribution in [2.24, 2.45) is 5.92 Å². The zero-order valence-electron chi connectivity index (χ0n) is 11.8. The second-order valence-corrected chi connectivity index (χ2v) is 5.91. The molecule has 1 aromatic carbocycles. The van der Waals surface area contributed by atoms with Gasteiger partial charge in [0.2, 0.25) is 11.8 Å². The molecule has 3 rings (SSSR count). The molecule has 20 heavy (non-hydrogen) atoms. The molecule has 1 saturated heterocycles. The Morgan fingerprint density at radius 2 is 1.90 bits per heavy atom. The normalized spacial score (nSPS) is 22.9. The highest BCUT2D eigenvalue weighted by Gasteiger charge is 2.31. The minimum absolute atomic E-state index is 0.00649. The molecule has 2 amide bonds. The molecule has 2 aliphatic heterocycles. The molecule has 106 valence electrons. The average molecular weight is 272 g/mol. The predicted octanol–water partition coefficient (Wildman–Crippen LogP) is 2.37. The number of hydrogen-bond acceptors (Lipinski definition) is 3. The molecule has 2 aliphatic rings. The van der Waals surface area contributed by atoms with E-state index in [0.717, 1.165) is 13.0 Å². The van der Waals surface area contributed by atoms with Crippen LogP contribution in [0.3, 0.4) is 0 Å². The van der Waals surface area contributed by atoms with Gasteiger partial charge in [0.15, 0.2) is 0 Å². The number of hydrogen-bond donors (Lipinski definition) is 1. The van der Waals surface area contributed by atoms with E-state index in [-0.39, 0.29) is 17.7 Å². The van der Waals surface area contributed by atoms with Crippen LogP contribution >= 0.6 is 0 Å². The maximum atomic E-state index is 12.0. The number of nitrogens with one attached hydrogen (secondary N) is 1. The van der Waals surface area contributed by atoms with Crippen LogP contribution in [0.15, 0.2) is 24.3 Å². The van der Waals surface area contributed by atoms with Crippen molar-refractivity contribution in [3.05, 3.63) is 29.8 Å². The van der Waals surface area contributed by atoms with Gasteiger partial charge in [0, 0.05) is 37.5 Å². The van der Waals surface area contributed by atoms with E-state index in [0.29, 0.717) is 25.3 Å². The Balaban J connectivity index is 1.63. The van der Waals surface area contributed by atoms with Gasteiger partial charge in [-0.2, -0.15) is 0 Å². The third-order valence-corrected chi connectivity index (χ3v) is 4.29. The van der Waals surface area contributed by atoms with Crippen LogP contribution < -0.4 is 5.32 Å². The van der Waals surface area contributed by atoms with Crippen molar-refractivity contribution in [1.82, 2.24) is 4.90 Å². The highest BCUT2D eigenvalue weighted by Crippen LogP contribution is 2.33. The number of nitrogens with zero attached hydrogens (tertiary/aromatic N) is 1. The summed E-state index contributed by atoms with van der Waals surface area (Å²) >= 11 is 0. The Labute approximate surface area is 119 Å².